The van der Waals surface area contributed by atoms with Crippen LogP contribution in [0.2, 0.25) is 0 Å². The maximum atomic E-state index is 12.3. The van der Waals surface area contributed by atoms with Gasteiger partial charge in [-0.3, -0.25) is 0 Å². The van der Waals surface area contributed by atoms with Gasteiger partial charge in [-0.1, -0.05) is 30.3 Å². The van der Waals surface area contributed by atoms with Gasteiger partial charge in [0.15, 0.2) is 0 Å². The number of carbonyl (C=O) groups excluding carboxylic acids is 1. The lowest BCUT2D eigenvalue weighted by atomic mass is 10.1. The number of urea groups is 1. The van der Waals surface area contributed by atoms with Crippen LogP contribution in [-0.4, -0.2) is 19.1 Å². The molecule has 4 nitrogen and oxygen atoms in total. The molecule has 0 unspecified atom stereocenters. The smallest absolute Gasteiger partial charge is 0.319 e. The summed E-state index contributed by atoms with van der Waals surface area (Å²) >= 11 is 0. The van der Waals surface area contributed by atoms with Gasteiger partial charge in [0, 0.05) is 24.5 Å². The van der Waals surface area contributed by atoms with Crippen molar-refractivity contribution in [2.75, 3.05) is 23.3 Å². The van der Waals surface area contributed by atoms with E-state index in [0.29, 0.717) is 0 Å². The van der Waals surface area contributed by atoms with Crippen molar-refractivity contribution in [3.8, 4) is 0 Å². The van der Waals surface area contributed by atoms with Gasteiger partial charge in [-0.05, 0) is 55.5 Å². The van der Waals surface area contributed by atoms with Gasteiger partial charge < -0.3 is 15.5 Å². The molecule has 1 aliphatic carbocycles. The maximum Gasteiger partial charge on any atom is 0.319 e. The summed E-state index contributed by atoms with van der Waals surface area (Å²) < 4.78 is 0. The Balaban J connectivity index is 1.38. The Kier molecular flexibility index (Phi) is 3.89. The molecule has 0 spiro atoms. The lowest BCUT2D eigenvalue weighted by Gasteiger charge is -2.19. The van der Waals surface area contributed by atoms with Gasteiger partial charge in [-0.15, -0.1) is 0 Å². The molecular formula is C20H23N3O. The number of benzene rings is 2. The molecule has 2 aromatic rings. The zero-order valence-electron chi connectivity index (χ0n) is 13.8. The summed E-state index contributed by atoms with van der Waals surface area (Å²) in [5.74, 6) is 0. The van der Waals surface area contributed by atoms with Gasteiger partial charge in [-0.2, -0.15) is 0 Å². The summed E-state index contributed by atoms with van der Waals surface area (Å²) in [6.45, 7) is 2.26. The van der Waals surface area contributed by atoms with E-state index in [-0.39, 0.29) is 11.6 Å². The molecule has 2 fully saturated rings. The molecule has 1 aliphatic heterocycles. The van der Waals surface area contributed by atoms with Crippen LogP contribution in [0.3, 0.4) is 0 Å². The second-order valence-corrected chi connectivity index (χ2v) is 6.77. The molecule has 2 aromatic carbocycles. The van der Waals surface area contributed by atoms with Crippen LogP contribution in [0.25, 0.3) is 0 Å². The van der Waals surface area contributed by atoms with E-state index in [4.69, 9.17) is 0 Å². The van der Waals surface area contributed by atoms with Crippen LogP contribution in [0, 0.1) is 0 Å². The van der Waals surface area contributed by atoms with Crippen molar-refractivity contribution < 1.29 is 4.79 Å². The van der Waals surface area contributed by atoms with Crippen LogP contribution in [0.5, 0.6) is 0 Å². The van der Waals surface area contributed by atoms with Crippen LogP contribution >= 0.6 is 0 Å². The van der Waals surface area contributed by atoms with E-state index in [1.54, 1.807) is 0 Å². The molecule has 2 aliphatic rings. The number of nitrogens with zero attached hydrogens (tertiary/aromatic N) is 1. The summed E-state index contributed by atoms with van der Waals surface area (Å²) in [6, 6.07) is 18.2. The van der Waals surface area contributed by atoms with Crippen molar-refractivity contribution in [1.29, 1.82) is 0 Å². The van der Waals surface area contributed by atoms with Crippen LogP contribution in [-0.2, 0) is 5.54 Å². The minimum absolute atomic E-state index is 0.134. The van der Waals surface area contributed by atoms with E-state index in [1.807, 2.05) is 30.3 Å². The molecule has 0 aromatic heterocycles. The zero-order chi connectivity index (χ0) is 16.4. The van der Waals surface area contributed by atoms with Crippen molar-refractivity contribution in [3.63, 3.8) is 0 Å². The Morgan fingerprint density at radius 1 is 0.917 bits per heavy atom. The summed E-state index contributed by atoms with van der Waals surface area (Å²) in [4.78, 5) is 14.7. The Morgan fingerprint density at radius 2 is 1.58 bits per heavy atom. The second kappa shape index (κ2) is 6.19. The SMILES string of the molecule is O=C(Nc1ccc(N2CCCC2)cc1)NC1(c2ccccc2)CC1. The van der Waals surface area contributed by atoms with Crippen molar-refractivity contribution in [2.24, 2.45) is 0 Å². The second-order valence-electron chi connectivity index (χ2n) is 6.77. The van der Waals surface area contributed by atoms with Gasteiger partial charge in [0.25, 0.3) is 0 Å². The largest absolute Gasteiger partial charge is 0.372 e. The van der Waals surface area contributed by atoms with Gasteiger partial charge in [0.2, 0.25) is 0 Å². The number of amides is 2. The molecule has 4 heteroatoms. The molecule has 2 N–H and O–H groups in total. The summed E-state index contributed by atoms with van der Waals surface area (Å²) in [7, 11) is 0. The number of carbonyl (C=O) groups is 1. The number of rotatable bonds is 4. The van der Waals surface area contributed by atoms with Crippen molar-refractivity contribution >= 4 is 17.4 Å². The number of hydrogen-bond donors (Lipinski definition) is 2. The first-order valence-electron chi connectivity index (χ1n) is 8.75. The average molecular weight is 321 g/mol. The van der Waals surface area contributed by atoms with Gasteiger partial charge in [0.05, 0.1) is 5.54 Å². The predicted molar refractivity (Wildman–Crippen MR) is 97.4 cm³/mol. The van der Waals surface area contributed by atoms with Gasteiger partial charge >= 0.3 is 6.03 Å². The number of anilines is 2. The van der Waals surface area contributed by atoms with Crippen molar-refractivity contribution in [2.45, 2.75) is 31.2 Å². The summed E-state index contributed by atoms with van der Waals surface area (Å²) in [6.07, 6.45) is 4.53. The molecule has 2 amide bonds. The molecule has 1 heterocycles. The van der Waals surface area contributed by atoms with Crippen molar-refractivity contribution in [3.05, 3.63) is 60.2 Å². The lowest BCUT2D eigenvalue weighted by Crippen LogP contribution is -2.38. The standard InChI is InChI=1S/C20H23N3O/c24-19(22-20(12-13-20)16-6-2-1-3-7-16)21-17-8-10-18(11-9-17)23-14-4-5-15-23/h1-3,6-11H,4-5,12-15H2,(H2,21,22,24). The molecule has 0 atom stereocenters. The third-order valence-electron chi connectivity index (χ3n) is 5.03. The molecule has 1 saturated carbocycles. The van der Waals surface area contributed by atoms with Crippen molar-refractivity contribution in [1.82, 2.24) is 5.32 Å². The molecule has 124 valence electrons. The third kappa shape index (κ3) is 3.09. The quantitative estimate of drug-likeness (QED) is 0.890. The summed E-state index contributed by atoms with van der Waals surface area (Å²) in [5, 5.41) is 6.10. The van der Waals surface area contributed by atoms with Crippen LogP contribution in [0.4, 0.5) is 16.2 Å². The zero-order valence-corrected chi connectivity index (χ0v) is 13.8. The first kappa shape index (κ1) is 15.1. The van der Waals surface area contributed by atoms with E-state index in [9.17, 15) is 4.79 Å². The Bertz CT molecular complexity index is 701. The molecule has 1 saturated heterocycles. The lowest BCUT2D eigenvalue weighted by molar-refractivity contribution is 0.247. The highest BCUT2D eigenvalue weighted by Crippen LogP contribution is 2.45. The van der Waals surface area contributed by atoms with E-state index in [1.165, 1.54) is 24.1 Å². The molecular weight excluding hydrogens is 298 g/mol. The predicted octanol–water partition coefficient (Wildman–Crippen LogP) is 4.10. The summed E-state index contributed by atoms with van der Waals surface area (Å²) in [5.41, 5.74) is 3.08. The van der Waals surface area contributed by atoms with Crippen LogP contribution < -0.4 is 15.5 Å². The fourth-order valence-corrected chi connectivity index (χ4v) is 3.48. The van der Waals surface area contributed by atoms with Crippen LogP contribution in [0.1, 0.15) is 31.2 Å². The Labute approximate surface area is 142 Å². The van der Waals surface area contributed by atoms with Gasteiger partial charge in [-0.25, -0.2) is 4.79 Å². The van der Waals surface area contributed by atoms with E-state index >= 15 is 0 Å². The highest BCUT2D eigenvalue weighted by Gasteiger charge is 2.45. The highest BCUT2D eigenvalue weighted by molar-refractivity contribution is 5.90. The Hall–Kier alpha value is -2.49. The number of nitrogens with one attached hydrogen (secondary N) is 2. The number of hydrogen-bond acceptors (Lipinski definition) is 2. The minimum Gasteiger partial charge on any atom is -0.372 e. The first-order chi connectivity index (χ1) is 11.8. The maximum absolute atomic E-state index is 12.3. The normalized spacial score (nSPS) is 18.2. The van der Waals surface area contributed by atoms with Crippen LogP contribution in [0.15, 0.2) is 54.6 Å². The average Bonchev–Trinajstić information content (AvgIpc) is 3.18. The fourth-order valence-electron chi connectivity index (χ4n) is 3.48. The van der Waals surface area contributed by atoms with Gasteiger partial charge in [0.1, 0.15) is 0 Å². The third-order valence-corrected chi connectivity index (χ3v) is 5.03. The van der Waals surface area contributed by atoms with E-state index in [2.05, 4.69) is 39.8 Å². The van der Waals surface area contributed by atoms with E-state index in [0.717, 1.165) is 31.6 Å². The monoisotopic (exact) mass is 321 g/mol. The molecule has 24 heavy (non-hydrogen) atoms. The molecule has 0 bridgehead atoms. The molecule has 0 radical (unpaired) electrons. The topological polar surface area (TPSA) is 44.4 Å². The Morgan fingerprint density at radius 3 is 2.21 bits per heavy atom. The molecule has 4 rings (SSSR count). The first-order valence-corrected chi connectivity index (χ1v) is 8.75. The minimum atomic E-state index is -0.180. The highest BCUT2D eigenvalue weighted by atomic mass is 16.2. The van der Waals surface area contributed by atoms with E-state index < -0.39 is 0 Å². The fraction of sp³-hybridized carbons (Fsp3) is 0.350.